The molecular formula is C22H16N2O2S2. The van der Waals surface area contributed by atoms with Gasteiger partial charge in [0.25, 0.3) is 0 Å². The molecule has 0 atom stereocenters. The fraction of sp³-hybridized carbons (Fsp3) is 0. The van der Waals surface area contributed by atoms with E-state index in [-0.39, 0.29) is 11.5 Å². The van der Waals surface area contributed by atoms with Crippen molar-refractivity contribution in [2.75, 3.05) is 0 Å². The number of phenolic OH excluding ortho intramolecular Hbond substituents is 2. The van der Waals surface area contributed by atoms with E-state index in [2.05, 4.69) is 22.1 Å². The summed E-state index contributed by atoms with van der Waals surface area (Å²) in [6, 6.07) is 21.9. The van der Waals surface area contributed by atoms with Crippen LogP contribution in [-0.2, 0) is 0 Å². The molecule has 28 heavy (non-hydrogen) atoms. The molecule has 4 nitrogen and oxygen atoms in total. The highest BCUT2D eigenvalue weighted by Gasteiger charge is 2.05. The molecule has 4 rings (SSSR count). The summed E-state index contributed by atoms with van der Waals surface area (Å²) in [5.74, 6) is 0.472. The van der Waals surface area contributed by atoms with E-state index in [4.69, 9.17) is 0 Å². The molecule has 2 N–H and O–H groups in total. The first-order valence-electron chi connectivity index (χ1n) is 8.52. The van der Waals surface area contributed by atoms with Gasteiger partial charge in [-0.15, -0.1) is 22.7 Å². The monoisotopic (exact) mass is 404 g/mol. The molecule has 0 amide bonds. The molecule has 0 unspecified atom stereocenters. The molecule has 0 fully saturated rings. The van der Waals surface area contributed by atoms with Crippen LogP contribution in [0.1, 0.15) is 9.75 Å². The van der Waals surface area contributed by atoms with Gasteiger partial charge in [0.1, 0.15) is 11.5 Å². The van der Waals surface area contributed by atoms with Gasteiger partial charge in [0.15, 0.2) is 0 Å². The van der Waals surface area contributed by atoms with Crippen LogP contribution in [0.15, 0.2) is 82.8 Å². The Labute approximate surface area is 170 Å². The molecule has 2 aromatic carbocycles. The molecule has 6 heteroatoms. The standard InChI is InChI=1S/C22H16N2O2S2/c25-17-5-1-15(2-6-17)23-13-19-9-11-21(27-19)22-12-10-20(28-22)14-24-16-3-7-18(26)8-4-16/h1-14,25-26H. The topological polar surface area (TPSA) is 65.2 Å². The maximum absolute atomic E-state index is 9.32. The Balaban J connectivity index is 1.45. The van der Waals surface area contributed by atoms with Gasteiger partial charge in [0, 0.05) is 31.9 Å². The number of hydrogen-bond donors (Lipinski definition) is 2. The summed E-state index contributed by atoms with van der Waals surface area (Å²) in [4.78, 5) is 13.4. The summed E-state index contributed by atoms with van der Waals surface area (Å²) in [7, 11) is 0. The van der Waals surface area contributed by atoms with Gasteiger partial charge in [-0.3, -0.25) is 9.98 Å². The highest BCUT2D eigenvalue weighted by Crippen LogP contribution is 2.33. The quantitative estimate of drug-likeness (QED) is 0.379. The number of thiophene rings is 2. The normalized spacial score (nSPS) is 11.6. The lowest BCUT2D eigenvalue weighted by Crippen LogP contribution is -1.71. The van der Waals surface area contributed by atoms with Gasteiger partial charge >= 0.3 is 0 Å². The van der Waals surface area contributed by atoms with E-state index in [1.165, 1.54) is 9.75 Å². The van der Waals surface area contributed by atoms with Crippen LogP contribution >= 0.6 is 22.7 Å². The van der Waals surface area contributed by atoms with Crippen molar-refractivity contribution in [2.24, 2.45) is 9.98 Å². The van der Waals surface area contributed by atoms with Crippen molar-refractivity contribution in [3.05, 3.63) is 82.6 Å². The third kappa shape index (κ3) is 4.54. The summed E-state index contributed by atoms with van der Waals surface area (Å²) in [5, 5.41) is 18.6. The summed E-state index contributed by atoms with van der Waals surface area (Å²) in [6.07, 6.45) is 3.67. The second-order valence-electron chi connectivity index (χ2n) is 5.95. The largest absolute Gasteiger partial charge is 0.508 e. The maximum Gasteiger partial charge on any atom is 0.115 e. The molecule has 0 radical (unpaired) electrons. The maximum atomic E-state index is 9.32. The molecule has 0 saturated carbocycles. The van der Waals surface area contributed by atoms with Gasteiger partial charge in [0.2, 0.25) is 0 Å². The van der Waals surface area contributed by atoms with Crippen LogP contribution in [-0.4, -0.2) is 22.6 Å². The summed E-state index contributed by atoms with van der Waals surface area (Å²) < 4.78 is 0. The number of benzene rings is 2. The van der Waals surface area contributed by atoms with E-state index >= 15 is 0 Å². The highest BCUT2D eigenvalue weighted by molar-refractivity contribution is 7.23. The van der Waals surface area contributed by atoms with Crippen molar-refractivity contribution in [3.63, 3.8) is 0 Å². The lowest BCUT2D eigenvalue weighted by molar-refractivity contribution is 0.475. The predicted molar refractivity (Wildman–Crippen MR) is 118 cm³/mol. The first-order chi connectivity index (χ1) is 13.7. The second-order valence-corrected chi connectivity index (χ2v) is 8.18. The molecule has 0 spiro atoms. The van der Waals surface area contributed by atoms with Crippen LogP contribution in [0.2, 0.25) is 0 Å². The zero-order valence-corrected chi connectivity index (χ0v) is 16.3. The summed E-state index contributed by atoms with van der Waals surface area (Å²) in [5.41, 5.74) is 1.60. The van der Waals surface area contributed by atoms with Gasteiger partial charge in [-0.05, 0) is 72.8 Å². The third-order valence-electron chi connectivity index (χ3n) is 3.88. The van der Waals surface area contributed by atoms with Crippen LogP contribution in [0.3, 0.4) is 0 Å². The summed E-state index contributed by atoms with van der Waals surface area (Å²) >= 11 is 3.35. The first kappa shape index (κ1) is 18.2. The van der Waals surface area contributed by atoms with E-state index in [0.29, 0.717) is 0 Å². The number of hydrogen-bond acceptors (Lipinski definition) is 6. The molecule has 0 aliphatic carbocycles. The molecule has 138 valence electrons. The van der Waals surface area contributed by atoms with Crippen molar-refractivity contribution >= 4 is 46.5 Å². The number of nitrogens with zero attached hydrogens (tertiary/aromatic N) is 2. The van der Waals surface area contributed by atoms with Gasteiger partial charge in [-0.25, -0.2) is 0 Å². The Morgan fingerprint density at radius 1 is 0.536 bits per heavy atom. The Hall–Kier alpha value is -3.22. The van der Waals surface area contributed by atoms with Crippen molar-refractivity contribution in [3.8, 4) is 21.3 Å². The molecule has 0 bridgehead atoms. The number of rotatable bonds is 5. The van der Waals surface area contributed by atoms with Crippen molar-refractivity contribution < 1.29 is 10.2 Å². The van der Waals surface area contributed by atoms with Crippen molar-refractivity contribution in [2.45, 2.75) is 0 Å². The predicted octanol–water partition coefficient (Wildman–Crippen LogP) is 6.39. The van der Waals surface area contributed by atoms with E-state index in [0.717, 1.165) is 21.1 Å². The van der Waals surface area contributed by atoms with Crippen LogP contribution < -0.4 is 0 Å². The van der Waals surface area contributed by atoms with Gasteiger partial charge in [0.05, 0.1) is 11.4 Å². The minimum absolute atomic E-state index is 0.236. The average Bonchev–Trinajstić information content (AvgIpc) is 3.36. The molecular weight excluding hydrogens is 388 g/mol. The molecule has 0 saturated heterocycles. The Morgan fingerprint density at radius 2 is 0.929 bits per heavy atom. The molecule has 0 aliphatic heterocycles. The van der Waals surface area contributed by atoms with E-state index in [1.54, 1.807) is 71.2 Å². The van der Waals surface area contributed by atoms with E-state index < -0.39 is 0 Å². The van der Waals surface area contributed by atoms with Crippen LogP contribution in [0.25, 0.3) is 9.75 Å². The van der Waals surface area contributed by atoms with Crippen molar-refractivity contribution in [1.82, 2.24) is 0 Å². The van der Waals surface area contributed by atoms with E-state index in [9.17, 15) is 10.2 Å². The zero-order chi connectivity index (χ0) is 19.3. The Kier molecular flexibility index (Phi) is 5.32. The molecule has 2 heterocycles. The fourth-order valence-corrected chi connectivity index (χ4v) is 4.31. The smallest absolute Gasteiger partial charge is 0.115 e. The molecule has 2 aromatic heterocycles. The van der Waals surface area contributed by atoms with Crippen LogP contribution in [0, 0.1) is 0 Å². The minimum Gasteiger partial charge on any atom is -0.508 e. The first-order valence-corrected chi connectivity index (χ1v) is 10.2. The Bertz CT molecular complexity index is 1030. The van der Waals surface area contributed by atoms with Crippen LogP contribution in [0.4, 0.5) is 11.4 Å². The van der Waals surface area contributed by atoms with Gasteiger partial charge in [-0.2, -0.15) is 0 Å². The highest BCUT2D eigenvalue weighted by atomic mass is 32.1. The lowest BCUT2D eigenvalue weighted by Gasteiger charge is -1.93. The van der Waals surface area contributed by atoms with Crippen LogP contribution in [0.5, 0.6) is 11.5 Å². The summed E-state index contributed by atoms with van der Waals surface area (Å²) in [6.45, 7) is 0. The Morgan fingerprint density at radius 3 is 1.32 bits per heavy atom. The van der Waals surface area contributed by atoms with Crippen molar-refractivity contribution in [1.29, 1.82) is 0 Å². The second kappa shape index (κ2) is 8.21. The third-order valence-corrected chi connectivity index (χ3v) is 6.11. The molecule has 0 aliphatic rings. The number of phenols is 2. The van der Waals surface area contributed by atoms with Gasteiger partial charge < -0.3 is 10.2 Å². The lowest BCUT2D eigenvalue weighted by atomic mass is 10.3. The SMILES string of the molecule is Oc1ccc(N=Cc2ccc(-c3ccc(C=Nc4ccc(O)cc4)s3)s2)cc1. The average molecular weight is 405 g/mol. The minimum atomic E-state index is 0.236. The fourth-order valence-electron chi connectivity index (χ4n) is 2.46. The molecule has 4 aromatic rings. The van der Waals surface area contributed by atoms with Gasteiger partial charge in [-0.1, -0.05) is 0 Å². The van der Waals surface area contributed by atoms with E-state index in [1.807, 2.05) is 24.6 Å². The number of aromatic hydroxyl groups is 2. The zero-order valence-electron chi connectivity index (χ0n) is 14.7. The number of aliphatic imine (C=N–C) groups is 2.